The number of benzene rings is 2. The highest BCUT2D eigenvalue weighted by molar-refractivity contribution is 5.96. The molecule has 2 aromatic carbocycles. The van der Waals surface area contributed by atoms with Gasteiger partial charge in [-0.2, -0.15) is 0 Å². The summed E-state index contributed by atoms with van der Waals surface area (Å²) in [5, 5.41) is 9.70. The first-order valence-electron chi connectivity index (χ1n) is 8.64. The molecule has 1 fully saturated rings. The molecule has 1 aliphatic heterocycles. The molecule has 1 saturated heterocycles. The molecule has 0 saturated carbocycles. The Balaban J connectivity index is 1.93. The standard InChI is InChI=1S/C21H23NO4/c1-13-8-9-14(2)16(10-13)20(23)22-11-17(18(12-22)21(24)25)15-6-4-5-7-19(15)26-3/h4-10,17-18H,11-12H2,1-3H3,(H,24,25)/t17-,18+/m1/s1. The van der Waals surface area contributed by atoms with Crippen LogP contribution >= 0.6 is 0 Å². The highest BCUT2D eigenvalue weighted by Crippen LogP contribution is 2.38. The minimum atomic E-state index is -0.892. The van der Waals surface area contributed by atoms with Gasteiger partial charge in [0.25, 0.3) is 5.91 Å². The monoisotopic (exact) mass is 353 g/mol. The summed E-state index contributed by atoms with van der Waals surface area (Å²) in [5.41, 5.74) is 3.37. The second kappa shape index (κ2) is 7.20. The molecule has 1 amide bonds. The zero-order valence-corrected chi connectivity index (χ0v) is 15.2. The van der Waals surface area contributed by atoms with Gasteiger partial charge in [0.1, 0.15) is 5.75 Å². The van der Waals surface area contributed by atoms with Crippen LogP contribution in [-0.2, 0) is 4.79 Å². The Kier molecular flexibility index (Phi) is 4.98. The van der Waals surface area contributed by atoms with E-state index in [1.54, 1.807) is 12.0 Å². The van der Waals surface area contributed by atoms with Crippen molar-refractivity contribution >= 4 is 11.9 Å². The predicted molar refractivity (Wildman–Crippen MR) is 98.7 cm³/mol. The maximum atomic E-state index is 13.0. The smallest absolute Gasteiger partial charge is 0.308 e. The van der Waals surface area contributed by atoms with Crippen LogP contribution in [0.25, 0.3) is 0 Å². The molecular weight excluding hydrogens is 330 g/mol. The quantitative estimate of drug-likeness (QED) is 0.916. The van der Waals surface area contributed by atoms with Crippen molar-refractivity contribution in [2.45, 2.75) is 19.8 Å². The summed E-state index contributed by atoms with van der Waals surface area (Å²) in [4.78, 5) is 26.5. The van der Waals surface area contributed by atoms with E-state index in [9.17, 15) is 14.7 Å². The minimum Gasteiger partial charge on any atom is -0.496 e. The van der Waals surface area contributed by atoms with Crippen LogP contribution in [0.1, 0.15) is 33.0 Å². The Hall–Kier alpha value is -2.82. The largest absolute Gasteiger partial charge is 0.496 e. The van der Waals surface area contributed by atoms with E-state index in [0.717, 1.165) is 16.7 Å². The first-order chi connectivity index (χ1) is 12.4. The van der Waals surface area contributed by atoms with E-state index in [1.165, 1.54) is 0 Å². The van der Waals surface area contributed by atoms with Crippen LogP contribution in [0.5, 0.6) is 5.75 Å². The molecular formula is C21H23NO4. The Morgan fingerprint density at radius 1 is 1.12 bits per heavy atom. The lowest BCUT2D eigenvalue weighted by atomic mass is 9.88. The average Bonchev–Trinajstić information content (AvgIpc) is 3.08. The fourth-order valence-electron chi connectivity index (χ4n) is 3.64. The number of methoxy groups -OCH3 is 1. The van der Waals surface area contributed by atoms with E-state index < -0.39 is 11.9 Å². The molecule has 0 spiro atoms. The van der Waals surface area contributed by atoms with Crippen molar-refractivity contribution in [3.8, 4) is 5.75 Å². The number of likely N-dealkylation sites (tertiary alicyclic amines) is 1. The van der Waals surface area contributed by atoms with E-state index in [-0.39, 0.29) is 18.4 Å². The third-order valence-corrected chi connectivity index (χ3v) is 5.09. The topological polar surface area (TPSA) is 66.8 Å². The van der Waals surface area contributed by atoms with E-state index in [1.807, 2.05) is 56.3 Å². The van der Waals surface area contributed by atoms with Crippen molar-refractivity contribution in [1.82, 2.24) is 4.90 Å². The number of hydrogen-bond donors (Lipinski definition) is 1. The lowest BCUT2D eigenvalue weighted by Crippen LogP contribution is -2.30. The van der Waals surface area contributed by atoms with Gasteiger partial charge in [-0.3, -0.25) is 9.59 Å². The van der Waals surface area contributed by atoms with Crippen LogP contribution in [0, 0.1) is 19.8 Å². The fraction of sp³-hybridized carbons (Fsp3) is 0.333. The third-order valence-electron chi connectivity index (χ3n) is 5.09. The van der Waals surface area contributed by atoms with E-state index >= 15 is 0 Å². The highest BCUT2D eigenvalue weighted by atomic mass is 16.5. The molecule has 1 aliphatic rings. The average molecular weight is 353 g/mol. The zero-order valence-electron chi connectivity index (χ0n) is 15.2. The molecule has 1 N–H and O–H groups in total. The van der Waals surface area contributed by atoms with Crippen molar-refractivity contribution in [1.29, 1.82) is 0 Å². The molecule has 0 radical (unpaired) electrons. The molecule has 0 bridgehead atoms. The number of ether oxygens (including phenoxy) is 1. The second-order valence-electron chi connectivity index (χ2n) is 6.82. The van der Waals surface area contributed by atoms with Crippen LogP contribution in [0.2, 0.25) is 0 Å². The summed E-state index contributed by atoms with van der Waals surface area (Å²) < 4.78 is 5.40. The molecule has 1 heterocycles. The Labute approximate surface area is 153 Å². The predicted octanol–water partition coefficient (Wildman–Crippen LogP) is 3.25. The van der Waals surface area contributed by atoms with Crippen molar-refractivity contribution in [3.63, 3.8) is 0 Å². The Morgan fingerprint density at radius 3 is 2.54 bits per heavy atom. The van der Waals surface area contributed by atoms with Gasteiger partial charge in [0, 0.05) is 24.6 Å². The van der Waals surface area contributed by atoms with E-state index in [0.29, 0.717) is 17.9 Å². The van der Waals surface area contributed by atoms with Gasteiger partial charge in [0.05, 0.1) is 13.0 Å². The van der Waals surface area contributed by atoms with Gasteiger partial charge in [-0.25, -0.2) is 0 Å². The van der Waals surface area contributed by atoms with Crippen LogP contribution < -0.4 is 4.74 Å². The fourth-order valence-corrected chi connectivity index (χ4v) is 3.64. The number of rotatable bonds is 4. The Bertz CT molecular complexity index is 846. The number of para-hydroxylation sites is 1. The van der Waals surface area contributed by atoms with E-state index in [4.69, 9.17) is 4.74 Å². The third kappa shape index (κ3) is 3.29. The van der Waals surface area contributed by atoms with Gasteiger partial charge in [-0.15, -0.1) is 0 Å². The number of aliphatic carboxylic acids is 1. The molecule has 26 heavy (non-hydrogen) atoms. The first-order valence-corrected chi connectivity index (χ1v) is 8.64. The SMILES string of the molecule is COc1ccccc1[C@H]1CN(C(=O)c2cc(C)ccc2C)C[C@@H]1C(=O)O. The van der Waals surface area contributed by atoms with Crippen molar-refractivity contribution in [2.75, 3.05) is 20.2 Å². The van der Waals surface area contributed by atoms with Crippen molar-refractivity contribution in [2.24, 2.45) is 5.92 Å². The molecule has 2 aromatic rings. The second-order valence-corrected chi connectivity index (χ2v) is 6.82. The number of carbonyl (C=O) groups is 2. The number of carbonyl (C=O) groups excluding carboxylic acids is 1. The summed E-state index contributed by atoms with van der Waals surface area (Å²) in [6, 6.07) is 13.2. The van der Waals surface area contributed by atoms with Gasteiger partial charge >= 0.3 is 5.97 Å². The van der Waals surface area contributed by atoms with Gasteiger partial charge in [-0.1, -0.05) is 35.9 Å². The number of carboxylic acids is 1. The number of carboxylic acid groups (broad SMARTS) is 1. The van der Waals surface area contributed by atoms with Crippen LogP contribution in [0.15, 0.2) is 42.5 Å². The summed E-state index contributed by atoms with van der Waals surface area (Å²) in [5.74, 6) is -1.30. The lowest BCUT2D eigenvalue weighted by molar-refractivity contribution is -0.141. The first kappa shape index (κ1) is 18.0. The molecule has 2 atom stereocenters. The summed E-state index contributed by atoms with van der Waals surface area (Å²) in [7, 11) is 1.57. The molecule has 0 aromatic heterocycles. The van der Waals surface area contributed by atoms with E-state index in [2.05, 4.69) is 0 Å². The minimum absolute atomic E-state index is 0.116. The van der Waals surface area contributed by atoms with Crippen LogP contribution in [0.4, 0.5) is 0 Å². The number of hydrogen-bond acceptors (Lipinski definition) is 3. The Morgan fingerprint density at radius 2 is 1.85 bits per heavy atom. The van der Waals surface area contributed by atoms with Gasteiger partial charge in [0.2, 0.25) is 0 Å². The van der Waals surface area contributed by atoms with Gasteiger partial charge < -0.3 is 14.7 Å². The summed E-state index contributed by atoms with van der Waals surface area (Å²) in [6.45, 7) is 4.40. The lowest BCUT2D eigenvalue weighted by Gasteiger charge is -2.19. The van der Waals surface area contributed by atoms with Gasteiger partial charge in [-0.05, 0) is 37.1 Å². The normalized spacial score (nSPS) is 19.4. The summed E-state index contributed by atoms with van der Waals surface area (Å²) >= 11 is 0. The van der Waals surface area contributed by atoms with Crippen LogP contribution in [-0.4, -0.2) is 42.1 Å². The number of aryl methyl sites for hydroxylation is 2. The molecule has 3 rings (SSSR count). The van der Waals surface area contributed by atoms with Crippen molar-refractivity contribution in [3.05, 3.63) is 64.7 Å². The van der Waals surface area contributed by atoms with Gasteiger partial charge in [0.15, 0.2) is 0 Å². The maximum absolute atomic E-state index is 13.0. The summed E-state index contributed by atoms with van der Waals surface area (Å²) in [6.07, 6.45) is 0. The molecule has 0 unspecified atom stereocenters. The number of amides is 1. The highest BCUT2D eigenvalue weighted by Gasteiger charge is 2.41. The molecule has 5 heteroatoms. The molecule has 0 aliphatic carbocycles. The van der Waals surface area contributed by atoms with Crippen LogP contribution in [0.3, 0.4) is 0 Å². The maximum Gasteiger partial charge on any atom is 0.308 e. The van der Waals surface area contributed by atoms with Crippen molar-refractivity contribution < 1.29 is 19.4 Å². The number of nitrogens with zero attached hydrogens (tertiary/aromatic N) is 1. The molecule has 136 valence electrons. The zero-order chi connectivity index (χ0) is 18.8. The molecule has 5 nitrogen and oxygen atoms in total.